The lowest BCUT2D eigenvalue weighted by Gasteiger charge is -2.09. The number of allylic oxidation sites excluding steroid dienone is 1. The molecule has 0 spiro atoms. The van der Waals surface area contributed by atoms with Gasteiger partial charge in [0, 0.05) is 12.7 Å². The van der Waals surface area contributed by atoms with Gasteiger partial charge in [-0.25, -0.2) is 9.67 Å². The second-order valence-electron chi connectivity index (χ2n) is 3.43. The third-order valence-electron chi connectivity index (χ3n) is 2.40. The van der Waals surface area contributed by atoms with Crippen molar-refractivity contribution < 1.29 is 0 Å². The van der Waals surface area contributed by atoms with Gasteiger partial charge in [0.15, 0.2) is 0 Å². The first-order valence-corrected chi connectivity index (χ1v) is 5.11. The van der Waals surface area contributed by atoms with Gasteiger partial charge in [-0.1, -0.05) is 6.08 Å². The van der Waals surface area contributed by atoms with Crippen molar-refractivity contribution in [2.45, 2.75) is 6.42 Å². The molecule has 0 unspecified atom stereocenters. The molecule has 0 amide bonds. The number of benzene rings is 1. The third kappa shape index (κ3) is 1.95. The topological polar surface area (TPSA) is 42.7 Å². The first kappa shape index (κ1) is 10.4. The van der Waals surface area contributed by atoms with Gasteiger partial charge >= 0.3 is 0 Å². The van der Waals surface area contributed by atoms with Crippen molar-refractivity contribution in [1.29, 1.82) is 0 Å². The molecule has 0 bridgehead atoms. The Labute approximate surface area is 94.6 Å². The number of nitrogens with zero attached hydrogens (tertiary/aromatic N) is 3. The van der Waals surface area contributed by atoms with Gasteiger partial charge in [0.1, 0.15) is 12.7 Å². The highest BCUT2D eigenvalue weighted by Gasteiger charge is 2.04. The Balaban J connectivity index is 2.47. The van der Waals surface area contributed by atoms with E-state index in [1.165, 1.54) is 11.9 Å². The highest BCUT2D eigenvalue weighted by atomic mass is 15.3. The van der Waals surface area contributed by atoms with E-state index in [1.54, 1.807) is 11.0 Å². The molecule has 1 N–H and O–H groups in total. The first-order chi connectivity index (χ1) is 7.85. The van der Waals surface area contributed by atoms with Crippen molar-refractivity contribution in [2.75, 3.05) is 12.4 Å². The summed E-state index contributed by atoms with van der Waals surface area (Å²) in [4.78, 5) is 3.95. The summed E-state index contributed by atoms with van der Waals surface area (Å²) in [6.45, 7) is 3.77. The van der Waals surface area contributed by atoms with Gasteiger partial charge in [-0.2, -0.15) is 5.10 Å². The highest BCUT2D eigenvalue weighted by molar-refractivity contribution is 5.54. The predicted molar refractivity (Wildman–Crippen MR) is 64.8 cm³/mol. The molecular formula is C12H14N4. The molecule has 0 aliphatic rings. The van der Waals surface area contributed by atoms with Crippen molar-refractivity contribution >= 4 is 5.69 Å². The Bertz CT molecular complexity index is 474. The average molecular weight is 214 g/mol. The normalized spacial score (nSPS) is 10.1. The van der Waals surface area contributed by atoms with E-state index in [9.17, 15) is 0 Å². The maximum Gasteiger partial charge on any atom is 0.138 e. The van der Waals surface area contributed by atoms with Crippen LogP contribution in [0, 0.1) is 0 Å². The van der Waals surface area contributed by atoms with Crippen LogP contribution in [0.3, 0.4) is 0 Å². The van der Waals surface area contributed by atoms with Gasteiger partial charge in [-0.3, -0.25) is 0 Å². The van der Waals surface area contributed by atoms with Crippen molar-refractivity contribution in [3.8, 4) is 5.69 Å². The summed E-state index contributed by atoms with van der Waals surface area (Å²) in [5.41, 5.74) is 3.30. The van der Waals surface area contributed by atoms with Gasteiger partial charge in [0.2, 0.25) is 0 Å². The Morgan fingerprint density at radius 1 is 1.50 bits per heavy atom. The number of hydrogen-bond donors (Lipinski definition) is 1. The van der Waals surface area contributed by atoms with Gasteiger partial charge in [-0.05, 0) is 30.2 Å². The summed E-state index contributed by atoms with van der Waals surface area (Å²) in [6, 6.07) is 6.14. The van der Waals surface area contributed by atoms with E-state index in [1.807, 2.05) is 25.3 Å². The quantitative estimate of drug-likeness (QED) is 0.792. The van der Waals surface area contributed by atoms with Gasteiger partial charge in [-0.15, -0.1) is 6.58 Å². The molecule has 2 aromatic rings. The second-order valence-corrected chi connectivity index (χ2v) is 3.43. The molecule has 1 aromatic heterocycles. The molecule has 4 heteroatoms. The highest BCUT2D eigenvalue weighted by Crippen LogP contribution is 2.19. The molecule has 0 saturated carbocycles. The van der Waals surface area contributed by atoms with Gasteiger partial charge in [0.05, 0.1) is 5.69 Å². The van der Waals surface area contributed by atoms with E-state index in [4.69, 9.17) is 0 Å². The first-order valence-electron chi connectivity index (χ1n) is 5.11. The Hall–Kier alpha value is -2.10. The molecule has 0 atom stereocenters. The maximum absolute atomic E-state index is 4.14. The molecule has 4 nitrogen and oxygen atoms in total. The maximum atomic E-state index is 4.14. The van der Waals surface area contributed by atoms with Crippen molar-refractivity contribution in [3.05, 3.63) is 49.1 Å². The Morgan fingerprint density at radius 3 is 3.00 bits per heavy atom. The van der Waals surface area contributed by atoms with Crippen LogP contribution in [0.15, 0.2) is 43.5 Å². The van der Waals surface area contributed by atoms with Crippen LogP contribution >= 0.6 is 0 Å². The number of nitrogens with one attached hydrogen (secondary N) is 1. The molecule has 1 heterocycles. The van der Waals surface area contributed by atoms with E-state index in [0.29, 0.717) is 0 Å². The molecule has 0 aliphatic heterocycles. The SMILES string of the molecule is C=CCc1cc(NC)ccc1-n1cncn1. The van der Waals surface area contributed by atoms with Crippen LogP contribution in [0.1, 0.15) is 5.56 Å². The largest absolute Gasteiger partial charge is 0.388 e. The van der Waals surface area contributed by atoms with Crippen LogP contribution < -0.4 is 5.32 Å². The fourth-order valence-corrected chi connectivity index (χ4v) is 1.62. The van der Waals surface area contributed by atoms with Crippen LogP contribution in [0.2, 0.25) is 0 Å². The lowest BCUT2D eigenvalue weighted by atomic mass is 10.1. The number of aromatic nitrogens is 3. The van der Waals surface area contributed by atoms with E-state index in [-0.39, 0.29) is 0 Å². The van der Waals surface area contributed by atoms with Gasteiger partial charge < -0.3 is 5.32 Å². The van der Waals surface area contributed by atoms with Crippen LogP contribution in [0.25, 0.3) is 5.69 Å². The summed E-state index contributed by atoms with van der Waals surface area (Å²) in [5, 5.41) is 7.25. The molecule has 0 fully saturated rings. The number of anilines is 1. The summed E-state index contributed by atoms with van der Waals surface area (Å²) in [5.74, 6) is 0. The molecule has 0 radical (unpaired) electrons. The molecule has 0 aliphatic carbocycles. The summed E-state index contributed by atoms with van der Waals surface area (Å²) in [6.07, 6.45) is 5.92. The minimum Gasteiger partial charge on any atom is -0.388 e. The smallest absolute Gasteiger partial charge is 0.138 e. The summed E-state index contributed by atoms with van der Waals surface area (Å²) < 4.78 is 1.76. The van der Waals surface area contributed by atoms with E-state index < -0.39 is 0 Å². The zero-order valence-corrected chi connectivity index (χ0v) is 9.22. The zero-order valence-electron chi connectivity index (χ0n) is 9.22. The average Bonchev–Trinajstić information content (AvgIpc) is 2.83. The number of rotatable bonds is 4. The van der Waals surface area contributed by atoms with E-state index in [0.717, 1.165) is 17.8 Å². The van der Waals surface area contributed by atoms with Crippen molar-refractivity contribution in [1.82, 2.24) is 14.8 Å². The van der Waals surface area contributed by atoms with Crippen molar-refractivity contribution in [2.24, 2.45) is 0 Å². The molecule has 0 saturated heterocycles. The predicted octanol–water partition coefficient (Wildman–Crippen LogP) is 2.04. The minimum absolute atomic E-state index is 0.810. The van der Waals surface area contributed by atoms with Crippen molar-refractivity contribution in [3.63, 3.8) is 0 Å². The second kappa shape index (κ2) is 4.61. The van der Waals surface area contributed by atoms with E-state index >= 15 is 0 Å². The van der Waals surface area contributed by atoms with Crippen LogP contribution in [-0.4, -0.2) is 21.8 Å². The fraction of sp³-hybridized carbons (Fsp3) is 0.167. The molecule has 16 heavy (non-hydrogen) atoms. The fourth-order valence-electron chi connectivity index (χ4n) is 1.62. The Morgan fingerprint density at radius 2 is 2.38 bits per heavy atom. The monoisotopic (exact) mass is 214 g/mol. The third-order valence-corrected chi connectivity index (χ3v) is 2.40. The molecular weight excluding hydrogens is 200 g/mol. The summed E-state index contributed by atoms with van der Waals surface area (Å²) >= 11 is 0. The van der Waals surface area contributed by atoms with Crippen LogP contribution in [0.4, 0.5) is 5.69 Å². The number of hydrogen-bond acceptors (Lipinski definition) is 3. The lowest BCUT2D eigenvalue weighted by molar-refractivity contribution is 0.866. The Kier molecular flexibility index (Phi) is 3.00. The van der Waals surface area contributed by atoms with Gasteiger partial charge in [0.25, 0.3) is 0 Å². The van der Waals surface area contributed by atoms with Crippen LogP contribution in [0.5, 0.6) is 0 Å². The summed E-state index contributed by atoms with van der Waals surface area (Å²) in [7, 11) is 1.90. The van der Waals surface area contributed by atoms with E-state index in [2.05, 4.69) is 28.0 Å². The molecule has 82 valence electrons. The minimum atomic E-state index is 0.810. The standard InChI is InChI=1S/C12H14N4/c1-3-4-10-7-11(13-2)5-6-12(10)16-9-14-8-15-16/h3,5-9,13H,1,4H2,2H3. The zero-order chi connectivity index (χ0) is 11.4. The lowest BCUT2D eigenvalue weighted by Crippen LogP contribution is -2.01. The molecule has 1 aromatic carbocycles. The molecule has 2 rings (SSSR count). The van der Waals surface area contributed by atoms with Crippen LogP contribution in [-0.2, 0) is 6.42 Å².